The number of fused-ring (bicyclic) bond motifs is 6. The fraction of sp³-hybridized carbons (Fsp3) is 0.0256. The maximum Gasteiger partial charge on any atom is 0.0548 e. The molecule has 0 bridgehead atoms. The monoisotopic (exact) mass is 557 g/mol. The van der Waals surface area contributed by atoms with Gasteiger partial charge in [-0.15, -0.1) is 0 Å². The fourth-order valence-electron chi connectivity index (χ4n) is 6.51. The highest BCUT2D eigenvalue weighted by molar-refractivity contribution is 7.84. The van der Waals surface area contributed by atoms with Crippen molar-refractivity contribution in [1.29, 1.82) is 0 Å². The molecular weight excluding hydrogens is 531 g/mol. The fourth-order valence-corrected chi connectivity index (χ4v) is 7.51. The minimum Gasteiger partial charge on any atom is -0.354 e. The van der Waals surface area contributed by atoms with E-state index < -0.39 is 10.8 Å². The molecule has 0 saturated carbocycles. The molecule has 0 saturated heterocycles. The van der Waals surface area contributed by atoms with Crippen molar-refractivity contribution in [3.8, 4) is 33.4 Å². The summed E-state index contributed by atoms with van der Waals surface area (Å²) in [5.41, 5.74) is 8.95. The summed E-state index contributed by atoms with van der Waals surface area (Å²) in [6.07, 6.45) is 1.80. The van der Waals surface area contributed by atoms with E-state index in [1.807, 2.05) is 12.1 Å². The van der Waals surface area contributed by atoms with E-state index in [-0.39, 0.29) is 0 Å². The van der Waals surface area contributed by atoms with Gasteiger partial charge in [-0.2, -0.15) is 0 Å². The highest BCUT2D eigenvalue weighted by Gasteiger charge is 2.22. The van der Waals surface area contributed by atoms with Crippen LogP contribution in [0.3, 0.4) is 0 Å². The standard InChI is InChI=1S/C39H27NOS/c1-42(41)39-32-16-8-6-14-30(32)29-13-5-7-15-31(29)38(39)34-23-28(24-36-37(34)33-17-9-10-18-35(33)40-36)27-21-19-26(20-22-27)25-11-3-2-4-12-25/h2-24,40H,1H3. The second kappa shape index (κ2) is 9.83. The first-order valence-corrected chi connectivity index (χ1v) is 15.7. The van der Waals surface area contributed by atoms with Gasteiger partial charge in [0, 0.05) is 33.6 Å². The molecule has 1 heterocycles. The lowest BCUT2D eigenvalue weighted by atomic mass is 9.89. The zero-order chi connectivity index (χ0) is 28.2. The second-order valence-electron chi connectivity index (χ2n) is 10.8. The number of hydrogen-bond acceptors (Lipinski definition) is 1. The van der Waals surface area contributed by atoms with E-state index in [1.165, 1.54) is 21.9 Å². The minimum atomic E-state index is -1.22. The average molecular weight is 558 g/mol. The summed E-state index contributed by atoms with van der Waals surface area (Å²) in [5.74, 6) is 0. The molecule has 0 amide bonds. The SMILES string of the molecule is CS(=O)c1c(-c2cc(-c3ccc(-c4ccccc4)cc3)cc3[nH]c4ccccc4c23)c2ccccc2c2ccccc12. The molecule has 3 heteroatoms. The highest BCUT2D eigenvalue weighted by atomic mass is 32.2. The lowest BCUT2D eigenvalue weighted by molar-refractivity contribution is 0.687. The van der Waals surface area contributed by atoms with Crippen molar-refractivity contribution in [2.75, 3.05) is 6.26 Å². The number of H-pyrrole nitrogens is 1. The molecule has 0 radical (unpaired) electrons. The summed E-state index contributed by atoms with van der Waals surface area (Å²) in [7, 11) is -1.22. The third-order valence-corrected chi connectivity index (χ3v) is 9.37. The molecule has 42 heavy (non-hydrogen) atoms. The minimum absolute atomic E-state index is 0.882. The lowest BCUT2D eigenvalue weighted by Gasteiger charge is -2.18. The molecule has 1 atom stereocenters. The zero-order valence-electron chi connectivity index (χ0n) is 23.1. The number of benzene rings is 7. The van der Waals surface area contributed by atoms with Crippen molar-refractivity contribution in [2.24, 2.45) is 0 Å². The molecule has 0 spiro atoms. The Bertz CT molecular complexity index is 2310. The molecule has 0 aliphatic heterocycles. The van der Waals surface area contributed by atoms with E-state index in [0.717, 1.165) is 59.7 Å². The number of hydrogen-bond donors (Lipinski definition) is 1. The van der Waals surface area contributed by atoms with E-state index in [9.17, 15) is 4.21 Å². The third-order valence-electron chi connectivity index (χ3n) is 8.37. The van der Waals surface area contributed by atoms with Gasteiger partial charge in [0.1, 0.15) is 0 Å². The molecule has 1 N–H and O–H groups in total. The van der Waals surface area contributed by atoms with Crippen LogP contribution in [0.25, 0.3) is 76.7 Å². The molecule has 0 aliphatic rings. The Balaban J connectivity index is 1.48. The van der Waals surface area contributed by atoms with Gasteiger partial charge >= 0.3 is 0 Å². The Kier molecular flexibility index (Phi) is 5.80. The molecule has 1 unspecified atom stereocenters. The molecular formula is C39H27NOS. The number of rotatable bonds is 4. The maximum atomic E-state index is 13.7. The van der Waals surface area contributed by atoms with E-state index in [0.29, 0.717) is 0 Å². The van der Waals surface area contributed by atoms with Gasteiger partial charge in [0.15, 0.2) is 0 Å². The molecule has 200 valence electrons. The van der Waals surface area contributed by atoms with Crippen molar-refractivity contribution in [3.05, 3.63) is 140 Å². The van der Waals surface area contributed by atoms with E-state index in [2.05, 4.69) is 132 Å². The van der Waals surface area contributed by atoms with Gasteiger partial charge in [-0.3, -0.25) is 4.21 Å². The maximum absolute atomic E-state index is 13.7. The van der Waals surface area contributed by atoms with Crippen LogP contribution in [-0.2, 0) is 10.8 Å². The van der Waals surface area contributed by atoms with Crippen LogP contribution in [0.4, 0.5) is 0 Å². The number of aromatic nitrogens is 1. The molecule has 8 rings (SSSR count). The second-order valence-corrected chi connectivity index (χ2v) is 12.1. The van der Waals surface area contributed by atoms with Gasteiger partial charge in [-0.1, -0.05) is 121 Å². The Hall–Kier alpha value is -4.99. The van der Waals surface area contributed by atoms with Gasteiger partial charge < -0.3 is 4.98 Å². The van der Waals surface area contributed by atoms with Crippen LogP contribution < -0.4 is 0 Å². The van der Waals surface area contributed by atoms with Crippen molar-refractivity contribution < 1.29 is 4.21 Å². The van der Waals surface area contributed by atoms with Gasteiger partial charge in [0.25, 0.3) is 0 Å². The number of para-hydroxylation sites is 1. The summed E-state index contributed by atoms with van der Waals surface area (Å²) in [4.78, 5) is 4.58. The van der Waals surface area contributed by atoms with Gasteiger partial charge in [-0.25, -0.2) is 0 Å². The first kappa shape index (κ1) is 24.8. The Morgan fingerprint density at radius 3 is 1.69 bits per heavy atom. The van der Waals surface area contributed by atoms with E-state index in [1.54, 1.807) is 6.26 Å². The Morgan fingerprint density at radius 2 is 1.00 bits per heavy atom. The number of nitrogens with one attached hydrogen (secondary N) is 1. The van der Waals surface area contributed by atoms with E-state index in [4.69, 9.17) is 0 Å². The van der Waals surface area contributed by atoms with Crippen LogP contribution >= 0.6 is 0 Å². The smallest absolute Gasteiger partial charge is 0.0548 e. The van der Waals surface area contributed by atoms with Crippen LogP contribution in [0.2, 0.25) is 0 Å². The largest absolute Gasteiger partial charge is 0.354 e. The van der Waals surface area contributed by atoms with Crippen LogP contribution in [0.15, 0.2) is 144 Å². The molecule has 0 aliphatic carbocycles. The third kappa shape index (κ3) is 3.89. The molecule has 8 aromatic rings. The topological polar surface area (TPSA) is 32.9 Å². The normalized spacial score (nSPS) is 12.4. The van der Waals surface area contributed by atoms with Crippen LogP contribution in [-0.4, -0.2) is 15.4 Å². The predicted octanol–water partition coefficient (Wildman–Crippen LogP) is 10.4. The van der Waals surface area contributed by atoms with E-state index >= 15 is 0 Å². The first-order valence-electron chi connectivity index (χ1n) is 14.1. The summed E-state index contributed by atoms with van der Waals surface area (Å²) >= 11 is 0. The lowest BCUT2D eigenvalue weighted by Crippen LogP contribution is -1.97. The highest BCUT2D eigenvalue weighted by Crippen LogP contribution is 2.46. The van der Waals surface area contributed by atoms with Gasteiger partial charge in [-0.05, 0) is 67.6 Å². The summed E-state index contributed by atoms with van der Waals surface area (Å²) < 4.78 is 13.7. The molecule has 7 aromatic carbocycles. The zero-order valence-corrected chi connectivity index (χ0v) is 23.9. The van der Waals surface area contributed by atoms with Crippen molar-refractivity contribution in [1.82, 2.24) is 4.98 Å². The van der Waals surface area contributed by atoms with Crippen LogP contribution in [0.1, 0.15) is 0 Å². The summed E-state index contributed by atoms with van der Waals surface area (Å²) in [6.45, 7) is 0. The molecule has 2 nitrogen and oxygen atoms in total. The number of aromatic amines is 1. The van der Waals surface area contributed by atoms with Crippen LogP contribution in [0.5, 0.6) is 0 Å². The first-order chi connectivity index (χ1) is 20.7. The van der Waals surface area contributed by atoms with Gasteiger partial charge in [0.05, 0.1) is 15.7 Å². The van der Waals surface area contributed by atoms with Crippen molar-refractivity contribution >= 4 is 54.2 Å². The Morgan fingerprint density at radius 1 is 0.476 bits per heavy atom. The van der Waals surface area contributed by atoms with Crippen molar-refractivity contribution in [3.63, 3.8) is 0 Å². The molecule has 1 aromatic heterocycles. The Labute approximate surface area is 246 Å². The van der Waals surface area contributed by atoms with Gasteiger partial charge in [0.2, 0.25) is 0 Å². The predicted molar refractivity (Wildman–Crippen MR) is 179 cm³/mol. The summed E-state index contributed by atoms with van der Waals surface area (Å²) in [6, 6.07) is 49.2. The van der Waals surface area contributed by atoms with Crippen molar-refractivity contribution in [2.45, 2.75) is 4.90 Å². The quantitative estimate of drug-likeness (QED) is 0.215. The average Bonchev–Trinajstić information content (AvgIpc) is 3.43. The summed E-state index contributed by atoms with van der Waals surface area (Å²) in [5, 5.41) is 6.77. The van der Waals surface area contributed by atoms with Crippen LogP contribution in [0, 0.1) is 0 Å². The molecule has 0 fully saturated rings.